The summed E-state index contributed by atoms with van der Waals surface area (Å²) in [7, 11) is 0. The van der Waals surface area contributed by atoms with Crippen LogP contribution in [0.2, 0.25) is 0 Å². The number of phenolic OH excluding ortho intramolecular Hbond substituents is 1. The number of aliphatic hydroxyl groups is 1. The van der Waals surface area contributed by atoms with Crippen LogP contribution in [0.3, 0.4) is 0 Å². The van der Waals surface area contributed by atoms with Crippen molar-refractivity contribution in [1.29, 1.82) is 0 Å². The molecule has 0 radical (unpaired) electrons. The number of benzene rings is 1. The molecular weight excluding hydrogens is 392 g/mol. The molecule has 2 N–H and O–H groups in total. The Morgan fingerprint density at radius 2 is 1.90 bits per heavy atom. The van der Waals surface area contributed by atoms with E-state index in [-0.39, 0.29) is 16.9 Å². The van der Waals surface area contributed by atoms with Crippen molar-refractivity contribution >= 4 is 37.8 Å². The van der Waals surface area contributed by atoms with Gasteiger partial charge in [0.25, 0.3) is 0 Å². The summed E-state index contributed by atoms with van der Waals surface area (Å²) in [6.45, 7) is 8.71. The van der Waals surface area contributed by atoms with Gasteiger partial charge in [-0.3, -0.25) is 0 Å². The predicted molar refractivity (Wildman–Crippen MR) is 83.5 cm³/mol. The number of hydrogen-bond donors (Lipinski definition) is 2. The van der Waals surface area contributed by atoms with Crippen molar-refractivity contribution in [3.05, 3.63) is 38.8 Å². The molecule has 6 heteroatoms. The molecule has 4 nitrogen and oxygen atoms in total. The van der Waals surface area contributed by atoms with E-state index in [0.29, 0.717) is 8.95 Å². The van der Waals surface area contributed by atoms with Crippen molar-refractivity contribution in [3.63, 3.8) is 0 Å². The first-order valence-electron chi connectivity index (χ1n) is 5.81. The van der Waals surface area contributed by atoms with Gasteiger partial charge in [0.05, 0.1) is 10.0 Å². The fourth-order valence-electron chi connectivity index (χ4n) is 1.44. The van der Waals surface area contributed by atoms with Gasteiger partial charge in [0.1, 0.15) is 17.5 Å². The maximum absolute atomic E-state index is 11.9. The predicted octanol–water partition coefficient (Wildman–Crippen LogP) is 3.85. The number of hydrogen-bond acceptors (Lipinski definition) is 4. The average molecular weight is 408 g/mol. The van der Waals surface area contributed by atoms with E-state index in [9.17, 15) is 15.0 Å². The fourth-order valence-corrected chi connectivity index (χ4v) is 2.70. The summed E-state index contributed by atoms with van der Waals surface area (Å²) >= 11 is 6.42. The Morgan fingerprint density at radius 1 is 1.35 bits per heavy atom. The topological polar surface area (TPSA) is 66.8 Å². The first kappa shape index (κ1) is 17.2. The zero-order chi connectivity index (χ0) is 15.7. The van der Waals surface area contributed by atoms with E-state index in [1.807, 2.05) is 0 Å². The molecule has 1 unspecified atom stereocenters. The number of carbonyl (C=O) groups excluding carboxylic acids is 1. The van der Waals surface area contributed by atoms with Crippen LogP contribution in [0.15, 0.2) is 33.2 Å². The van der Waals surface area contributed by atoms with E-state index in [4.69, 9.17) is 4.74 Å². The van der Waals surface area contributed by atoms with Crippen LogP contribution in [-0.4, -0.2) is 21.8 Å². The molecule has 0 aromatic heterocycles. The lowest BCUT2D eigenvalue weighted by atomic mass is 10.0. The van der Waals surface area contributed by atoms with Crippen LogP contribution in [0.25, 0.3) is 0 Å². The van der Waals surface area contributed by atoms with Crippen LogP contribution in [0.4, 0.5) is 0 Å². The molecule has 1 aromatic rings. The highest BCUT2D eigenvalue weighted by molar-refractivity contribution is 9.11. The minimum absolute atomic E-state index is 0.139. The largest absolute Gasteiger partial charge is 0.506 e. The highest BCUT2D eigenvalue weighted by atomic mass is 79.9. The van der Waals surface area contributed by atoms with Crippen LogP contribution in [0.1, 0.15) is 32.4 Å². The van der Waals surface area contributed by atoms with Gasteiger partial charge in [-0.25, -0.2) is 4.79 Å². The van der Waals surface area contributed by atoms with Gasteiger partial charge < -0.3 is 14.9 Å². The van der Waals surface area contributed by atoms with Gasteiger partial charge in [-0.05, 0) is 48.8 Å². The first-order chi connectivity index (χ1) is 9.03. The number of carbonyl (C=O) groups is 1. The summed E-state index contributed by atoms with van der Waals surface area (Å²) in [4.78, 5) is 11.9. The molecule has 0 fully saturated rings. The first-order valence-corrected chi connectivity index (χ1v) is 7.39. The molecule has 0 saturated heterocycles. The SMILES string of the molecule is C=C(C(=O)OC(C)(C)C)C(O)c1cc(Br)cc(Br)c1O. The second-order valence-corrected chi connectivity index (χ2v) is 7.03. The van der Waals surface area contributed by atoms with Crippen molar-refractivity contribution in [3.8, 4) is 5.75 Å². The van der Waals surface area contributed by atoms with E-state index in [1.165, 1.54) is 6.07 Å². The summed E-state index contributed by atoms with van der Waals surface area (Å²) < 4.78 is 6.19. The van der Waals surface area contributed by atoms with Crippen molar-refractivity contribution in [2.75, 3.05) is 0 Å². The minimum atomic E-state index is -1.35. The Bertz CT molecular complexity index is 547. The Kier molecular flexibility index (Phi) is 5.40. The molecule has 0 bridgehead atoms. The highest BCUT2D eigenvalue weighted by Crippen LogP contribution is 2.37. The van der Waals surface area contributed by atoms with Crippen molar-refractivity contribution in [2.45, 2.75) is 32.5 Å². The summed E-state index contributed by atoms with van der Waals surface area (Å²) in [5.74, 6) is -0.856. The lowest BCUT2D eigenvalue weighted by Gasteiger charge is -2.22. The maximum Gasteiger partial charge on any atom is 0.336 e. The van der Waals surface area contributed by atoms with Gasteiger partial charge in [0.15, 0.2) is 0 Å². The van der Waals surface area contributed by atoms with E-state index < -0.39 is 17.7 Å². The van der Waals surface area contributed by atoms with Crippen molar-refractivity contribution < 1.29 is 19.7 Å². The van der Waals surface area contributed by atoms with Gasteiger partial charge in [0.2, 0.25) is 0 Å². The van der Waals surface area contributed by atoms with Crippen LogP contribution in [0, 0.1) is 0 Å². The van der Waals surface area contributed by atoms with Gasteiger partial charge in [-0.1, -0.05) is 22.5 Å². The number of esters is 1. The third-order valence-electron chi connectivity index (χ3n) is 2.34. The maximum atomic E-state index is 11.9. The molecule has 0 heterocycles. The number of phenols is 1. The Balaban J connectivity index is 3.04. The second-order valence-electron chi connectivity index (χ2n) is 5.26. The number of aromatic hydroxyl groups is 1. The number of halogens is 2. The van der Waals surface area contributed by atoms with E-state index >= 15 is 0 Å². The molecule has 0 amide bonds. The highest BCUT2D eigenvalue weighted by Gasteiger charge is 2.26. The lowest BCUT2D eigenvalue weighted by Crippen LogP contribution is -2.26. The number of ether oxygens (including phenoxy) is 1. The van der Waals surface area contributed by atoms with Crippen LogP contribution >= 0.6 is 31.9 Å². The van der Waals surface area contributed by atoms with Crippen LogP contribution in [0.5, 0.6) is 5.75 Å². The summed E-state index contributed by atoms with van der Waals surface area (Å²) in [5.41, 5.74) is -0.651. The zero-order valence-electron chi connectivity index (χ0n) is 11.4. The quantitative estimate of drug-likeness (QED) is 0.589. The van der Waals surface area contributed by atoms with E-state index in [0.717, 1.165) is 0 Å². The zero-order valence-corrected chi connectivity index (χ0v) is 14.6. The lowest BCUT2D eigenvalue weighted by molar-refractivity contribution is -0.151. The molecule has 1 atom stereocenters. The molecule has 0 aliphatic rings. The standard InChI is InChI=1S/C14H16Br2O4/c1-7(13(19)20-14(2,3)4)11(17)9-5-8(15)6-10(16)12(9)18/h5-6,11,17-18H,1H2,2-4H3. The Labute approximate surface area is 134 Å². The van der Waals surface area contributed by atoms with Crippen LogP contribution in [-0.2, 0) is 9.53 Å². The van der Waals surface area contributed by atoms with E-state index in [1.54, 1.807) is 26.8 Å². The molecule has 0 spiro atoms. The van der Waals surface area contributed by atoms with E-state index in [2.05, 4.69) is 38.4 Å². The molecule has 110 valence electrons. The summed E-state index contributed by atoms with van der Waals surface area (Å²) in [5, 5.41) is 20.1. The van der Waals surface area contributed by atoms with Crippen LogP contribution < -0.4 is 0 Å². The smallest absolute Gasteiger partial charge is 0.336 e. The fraction of sp³-hybridized carbons (Fsp3) is 0.357. The molecule has 0 aliphatic carbocycles. The molecular formula is C14H16Br2O4. The third kappa shape index (κ3) is 4.33. The Hall–Kier alpha value is -0.850. The van der Waals surface area contributed by atoms with Gasteiger partial charge in [-0.15, -0.1) is 0 Å². The molecule has 0 saturated carbocycles. The number of rotatable bonds is 3. The third-order valence-corrected chi connectivity index (χ3v) is 3.41. The van der Waals surface area contributed by atoms with Crippen molar-refractivity contribution in [1.82, 2.24) is 0 Å². The van der Waals surface area contributed by atoms with Gasteiger partial charge in [-0.2, -0.15) is 0 Å². The second kappa shape index (κ2) is 6.28. The molecule has 1 rings (SSSR count). The molecule has 20 heavy (non-hydrogen) atoms. The Morgan fingerprint density at radius 3 is 2.40 bits per heavy atom. The minimum Gasteiger partial charge on any atom is -0.506 e. The normalized spacial score (nSPS) is 12.9. The molecule has 0 aliphatic heterocycles. The number of aliphatic hydroxyl groups excluding tert-OH is 1. The monoisotopic (exact) mass is 406 g/mol. The molecule has 1 aromatic carbocycles. The van der Waals surface area contributed by atoms with Gasteiger partial charge >= 0.3 is 5.97 Å². The summed E-state index contributed by atoms with van der Waals surface area (Å²) in [6, 6.07) is 3.14. The van der Waals surface area contributed by atoms with Gasteiger partial charge in [0, 0.05) is 10.0 Å². The summed E-state index contributed by atoms with van der Waals surface area (Å²) in [6.07, 6.45) is -1.35. The van der Waals surface area contributed by atoms with Crippen molar-refractivity contribution in [2.24, 2.45) is 0 Å². The average Bonchev–Trinajstić information content (AvgIpc) is 2.29.